The maximum Gasteiger partial charge on any atom is 0.410 e. The molecule has 3 amide bonds. The lowest BCUT2D eigenvalue weighted by atomic mass is 9.92. The summed E-state index contributed by atoms with van der Waals surface area (Å²) in [7, 11) is 0. The summed E-state index contributed by atoms with van der Waals surface area (Å²) in [6.45, 7) is 7.54. The average molecular weight is 425 g/mol. The van der Waals surface area contributed by atoms with Gasteiger partial charge in [-0.3, -0.25) is 14.5 Å². The highest BCUT2D eigenvalue weighted by Gasteiger charge is 2.34. The Morgan fingerprint density at radius 2 is 1.65 bits per heavy atom. The fraction of sp³-hybridized carbons (Fsp3) is 0.435. The summed E-state index contributed by atoms with van der Waals surface area (Å²) in [5.41, 5.74) is 1.33. The van der Waals surface area contributed by atoms with Crippen molar-refractivity contribution in [3.63, 3.8) is 0 Å². The molecule has 0 saturated carbocycles. The highest BCUT2D eigenvalue weighted by atomic mass is 16.6. The molecule has 1 saturated heterocycles. The Balaban J connectivity index is 1.62. The molecule has 0 atom stereocenters. The Labute approximate surface area is 181 Å². The second-order valence-electron chi connectivity index (χ2n) is 8.80. The van der Waals surface area contributed by atoms with Crippen LogP contribution < -0.4 is 4.90 Å². The van der Waals surface area contributed by atoms with Crippen LogP contribution in [0.4, 0.5) is 10.5 Å². The van der Waals surface area contributed by atoms with Gasteiger partial charge < -0.3 is 19.6 Å². The summed E-state index contributed by atoms with van der Waals surface area (Å²) in [6.07, 6.45) is -0.316. The van der Waals surface area contributed by atoms with Crippen LogP contribution in [0.5, 0.6) is 0 Å². The highest BCUT2D eigenvalue weighted by Crippen LogP contribution is 2.36. The van der Waals surface area contributed by atoms with Crippen LogP contribution in [0.15, 0.2) is 30.3 Å². The van der Waals surface area contributed by atoms with E-state index in [-0.39, 0.29) is 31.1 Å². The molecule has 0 aromatic heterocycles. The Bertz CT molecular complexity index is 1030. The minimum absolute atomic E-state index is 0.0259. The lowest BCUT2D eigenvalue weighted by molar-refractivity contribution is 0.0240. The van der Waals surface area contributed by atoms with Gasteiger partial charge in [0.05, 0.1) is 13.2 Å². The molecular weight excluding hydrogens is 398 g/mol. The molecule has 2 aliphatic rings. The monoisotopic (exact) mass is 425 g/mol. The number of anilines is 1. The van der Waals surface area contributed by atoms with Crippen molar-refractivity contribution in [3.8, 4) is 0 Å². The van der Waals surface area contributed by atoms with Crippen LogP contribution in [0.3, 0.4) is 0 Å². The zero-order valence-electron chi connectivity index (χ0n) is 18.1. The van der Waals surface area contributed by atoms with Gasteiger partial charge in [0.1, 0.15) is 5.60 Å². The third kappa shape index (κ3) is 3.83. The Kier molecular flexibility index (Phi) is 5.35. The summed E-state index contributed by atoms with van der Waals surface area (Å²) in [5.74, 6) is -0.770. The molecule has 0 aliphatic carbocycles. The summed E-state index contributed by atoms with van der Waals surface area (Å²) >= 11 is 0. The number of aliphatic hydroxyl groups is 1. The number of hydrogen-bond acceptors (Lipinski definition) is 6. The zero-order chi connectivity index (χ0) is 22.3. The van der Waals surface area contributed by atoms with Crippen molar-refractivity contribution in [2.45, 2.75) is 26.4 Å². The van der Waals surface area contributed by atoms with Crippen molar-refractivity contribution in [3.05, 3.63) is 41.5 Å². The zero-order valence-corrected chi connectivity index (χ0v) is 18.1. The van der Waals surface area contributed by atoms with Crippen LogP contribution in [0, 0.1) is 0 Å². The molecule has 164 valence electrons. The molecule has 0 radical (unpaired) electrons. The molecule has 4 rings (SSSR count). The van der Waals surface area contributed by atoms with E-state index in [1.165, 1.54) is 0 Å². The van der Waals surface area contributed by atoms with Crippen LogP contribution in [-0.2, 0) is 4.74 Å². The fourth-order valence-electron chi connectivity index (χ4n) is 4.17. The number of β-amino-alcohol motifs (C(OH)–C–C–N with tert-alkyl or cyclic N) is 1. The van der Waals surface area contributed by atoms with E-state index in [0.29, 0.717) is 42.7 Å². The van der Waals surface area contributed by atoms with Crippen LogP contribution >= 0.6 is 0 Å². The molecule has 1 N–H and O–H groups in total. The number of benzene rings is 2. The largest absolute Gasteiger partial charge is 0.444 e. The van der Waals surface area contributed by atoms with Crippen LogP contribution in [-0.4, -0.2) is 77.7 Å². The van der Waals surface area contributed by atoms with Gasteiger partial charge in [-0.05, 0) is 39.0 Å². The van der Waals surface area contributed by atoms with E-state index >= 15 is 0 Å². The maximum absolute atomic E-state index is 12.8. The minimum Gasteiger partial charge on any atom is -0.444 e. The van der Waals surface area contributed by atoms with Gasteiger partial charge in [0, 0.05) is 53.8 Å². The number of rotatable bonds is 3. The predicted molar refractivity (Wildman–Crippen MR) is 116 cm³/mol. The van der Waals surface area contributed by atoms with Crippen molar-refractivity contribution in [2.24, 2.45) is 0 Å². The molecule has 0 bridgehead atoms. The van der Waals surface area contributed by atoms with Gasteiger partial charge in [-0.2, -0.15) is 0 Å². The normalized spacial score (nSPS) is 16.8. The van der Waals surface area contributed by atoms with Crippen molar-refractivity contribution in [2.75, 3.05) is 44.2 Å². The molecule has 0 unspecified atom stereocenters. The second-order valence-corrected chi connectivity index (χ2v) is 8.80. The summed E-state index contributed by atoms with van der Waals surface area (Å²) in [5, 5.41) is 10.7. The number of aliphatic hydroxyl groups excluding tert-OH is 1. The number of ether oxygens (including phenoxy) is 1. The molecule has 2 aliphatic heterocycles. The standard InChI is InChI=1S/C23H27N3O5/c1-23(2,3)31-22(30)25-11-9-24(10-12-25)18-8-7-17-19-15(18)5-4-6-16(19)20(28)26(13-14-27)21(17)29/h4-8,27H,9-14H2,1-3H3. The van der Waals surface area contributed by atoms with Gasteiger partial charge in [0.15, 0.2) is 0 Å². The van der Waals surface area contributed by atoms with Gasteiger partial charge in [0.25, 0.3) is 11.8 Å². The number of piperazine rings is 1. The van der Waals surface area contributed by atoms with Crippen molar-refractivity contribution in [1.29, 1.82) is 0 Å². The van der Waals surface area contributed by atoms with Gasteiger partial charge in [0.2, 0.25) is 0 Å². The molecular formula is C23H27N3O5. The van der Waals surface area contributed by atoms with Crippen molar-refractivity contribution >= 4 is 34.4 Å². The molecule has 2 aromatic carbocycles. The average Bonchev–Trinajstić information content (AvgIpc) is 2.73. The van der Waals surface area contributed by atoms with E-state index in [9.17, 15) is 19.5 Å². The quantitative estimate of drug-likeness (QED) is 0.760. The third-order valence-electron chi connectivity index (χ3n) is 5.56. The lowest BCUT2D eigenvalue weighted by Gasteiger charge is -2.37. The first-order valence-corrected chi connectivity index (χ1v) is 10.5. The van der Waals surface area contributed by atoms with E-state index in [1.54, 1.807) is 17.0 Å². The van der Waals surface area contributed by atoms with Gasteiger partial charge >= 0.3 is 6.09 Å². The smallest absolute Gasteiger partial charge is 0.410 e. The van der Waals surface area contributed by atoms with Gasteiger partial charge in [-0.15, -0.1) is 0 Å². The van der Waals surface area contributed by atoms with Gasteiger partial charge in [-0.25, -0.2) is 4.79 Å². The molecule has 31 heavy (non-hydrogen) atoms. The van der Waals surface area contributed by atoms with Gasteiger partial charge in [-0.1, -0.05) is 12.1 Å². The number of carbonyl (C=O) groups is 3. The van der Waals surface area contributed by atoms with Crippen LogP contribution in [0.25, 0.3) is 10.8 Å². The number of hydrogen-bond donors (Lipinski definition) is 1. The molecule has 2 aromatic rings. The Hall–Kier alpha value is -3.13. The van der Waals surface area contributed by atoms with E-state index in [4.69, 9.17) is 4.74 Å². The molecule has 8 heteroatoms. The first-order chi connectivity index (χ1) is 14.7. The number of amides is 3. The van der Waals surface area contributed by atoms with E-state index < -0.39 is 5.60 Å². The topological polar surface area (TPSA) is 90.4 Å². The lowest BCUT2D eigenvalue weighted by Crippen LogP contribution is -2.50. The van der Waals surface area contributed by atoms with Crippen LogP contribution in [0.1, 0.15) is 41.5 Å². The molecule has 2 heterocycles. The van der Waals surface area contributed by atoms with Crippen molar-refractivity contribution in [1.82, 2.24) is 9.80 Å². The predicted octanol–water partition coefficient (Wildman–Crippen LogP) is 2.49. The van der Waals surface area contributed by atoms with E-state index in [1.807, 2.05) is 39.0 Å². The molecule has 8 nitrogen and oxygen atoms in total. The summed E-state index contributed by atoms with van der Waals surface area (Å²) < 4.78 is 5.47. The minimum atomic E-state index is -0.534. The summed E-state index contributed by atoms with van der Waals surface area (Å²) in [4.78, 5) is 43.0. The van der Waals surface area contributed by atoms with Crippen molar-refractivity contribution < 1.29 is 24.2 Å². The first kappa shape index (κ1) is 21.1. The number of imide groups is 1. The molecule has 1 fully saturated rings. The maximum atomic E-state index is 12.8. The SMILES string of the molecule is CC(C)(C)OC(=O)N1CCN(c2ccc3c4c(cccc24)C(=O)N(CCO)C3=O)CC1. The Morgan fingerprint density at radius 3 is 2.26 bits per heavy atom. The number of nitrogens with zero attached hydrogens (tertiary/aromatic N) is 3. The Morgan fingerprint density at radius 1 is 1.00 bits per heavy atom. The molecule has 0 spiro atoms. The summed E-state index contributed by atoms with van der Waals surface area (Å²) in [6, 6.07) is 9.10. The fourth-order valence-corrected chi connectivity index (χ4v) is 4.17. The van der Waals surface area contributed by atoms with E-state index in [2.05, 4.69) is 4.90 Å². The number of carbonyl (C=O) groups excluding carboxylic acids is 3. The first-order valence-electron chi connectivity index (χ1n) is 10.5. The second kappa shape index (κ2) is 7.85. The van der Waals surface area contributed by atoms with E-state index in [0.717, 1.165) is 16.0 Å². The highest BCUT2D eigenvalue weighted by molar-refractivity contribution is 6.26. The third-order valence-corrected chi connectivity index (χ3v) is 5.56. The van der Waals surface area contributed by atoms with Crippen LogP contribution in [0.2, 0.25) is 0 Å².